The molecule has 1 unspecified atom stereocenters. The van der Waals surface area contributed by atoms with E-state index in [1.54, 1.807) is 6.20 Å². The zero-order valence-electron chi connectivity index (χ0n) is 13.4. The number of hydrogen-bond acceptors (Lipinski definition) is 7. The summed E-state index contributed by atoms with van der Waals surface area (Å²) in [5, 5.41) is 6.54. The molecular formula is C18H16N6O. The Hall–Kier alpha value is -3.24. The van der Waals surface area contributed by atoms with E-state index in [1.807, 2.05) is 24.3 Å². The summed E-state index contributed by atoms with van der Waals surface area (Å²) in [7, 11) is 0. The summed E-state index contributed by atoms with van der Waals surface area (Å²) in [6.45, 7) is 1.42. The van der Waals surface area contributed by atoms with E-state index in [0.717, 1.165) is 24.3 Å². The Morgan fingerprint density at radius 2 is 2.20 bits per heavy atom. The summed E-state index contributed by atoms with van der Waals surface area (Å²) in [5.74, 6) is 3.76. The summed E-state index contributed by atoms with van der Waals surface area (Å²) in [4.78, 5) is 17.4. The monoisotopic (exact) mass is 332 g/mol. The molecule has 1 fully saturated rings. The van der Waals surface area contributed by atoms with Crippen LogP contribution in [0.3, 0.4) is 0 Å². The molecule has 3 heterocycles. The van der Waals surface area contributed by atoms with Crippen molar-refractivity contribution in [1.82, 2.24) is 19.9 Å². The minimum atomic E-state index is 0.228. The SMILES string of the molecule is C#Cc1cccc(Nc2ncnc3cnc(NC4CCOC4)nc23)c1. The molecule has 3 aromatic rings. The molecule has 0 amide bonds. The maximum Gasteiger partial charge on any atom is 0.223 e. The maximum atomic E-state index is 5.46. The lowest BCUT2D eigenvalue weighted by atomic mass is 10.2. The van der Waals surface area contributed by atoms with E-state index >= 15 is 0 Å². The van der Waals surface area contributed by atoms with Crippen molar-refractivity contribution in [2.24, 2.45) is 0 Å². The van der Waals surface area contributed by atoms with Crippen molar-refractivity contribution in [2.75, 3.05) is 23.8 Å². The normalized spacial score (nSPS) is 16.5. The summed E-state index contributed by atoms with van der Waals surface area (Å²) in [5.41, 5.74) is 2.94. The number of benzene rings is 1. The van der Waals surface area contributed by atoms with Crippen molar-refractivity contribution in [3.8, 4) is 12.3 Å². The third-order valence-electron chi connectivity index (χ3n) is 3.93. The van der Waals surface area contributed by atoms with Crippen LogP contribution in [0, 0.1) is 12.3 Å². The van der Waals surface area contributed by atoms with Crippen LogP contribution in [-0.2, 0) is 4.74 Å². The number of nitrogens with one attached hydrogen (secondary N) is 2. The first kappa shape index (κ1) is 15.3. The van der Waals surface area contributed by atoms with Crippen LogP contribution in [0.25, 0.3) is 11.0 Å². The van der Waals surface area contributed by atoms with Gasteiger partial charge in [-0.15, -0.1) is 6.42 Å². The molecule has 1 aromatic carbocycles. The van der Waals surface area contributed by atoms with Crippen molar-refractivity contribution in [3.05, 3.63) is 42.4 Å². The Balaban J connectivity index is 1.66. The second-order valence-electron chi connectivity index (χ2n) is 5.70. The smallest absolute Gasteiger partial charge is 0.223 e. The van der Waals surface area contributed by atoms with Crippen molar-refractivity contribution in [3.63, 3.8) is 0 Å². The van der Waals surface area contributed by atoms with Crippen LogP contribution in [0.15, 0.2) is 36.8 Å². The van der Waals surface area contributed by atoms with E-state index < -0.39 is 0 Å². The topological polar surface area (TPSA) is 84.9 Å². The summed E-state index contributed by atoms with van der Waals surface area (Å²) in [6, 6.07) is 7.79. The quantitative estimate of drug-likeness (QED) is 0.709. The van der Waals surface area contributed by atoms with Gasteiger partial charge in [0.25, 0.3) is 0 Å². The fraction of sp³-hybridized carbons (Fsp3) is 0.222. The Morgan fingerprint density at radius 1 is 1.24 bits per heavy atom. The predicted molar refractivity (Wildman–Crippen MR) is 95.6 cm³/mol. The van der Waals surface area contributed by atoms with Gasteiger partial charge in [0.2, 0.25) is 5.95 Å². The van der Waals surface area contributed by atoms with Crippen LogP contribution in [0.2, 0.25) is 0 Å². The van der Waals surface area contributed by atoms with Gasteiger partial charge in [-0.25, -0.2) is 19.9 Å². The number of hydrogen-bond donors (Lipinski definition) is 2. The zero-order valence-corrected chi connectivity index (χ0v) is 13.4. The van der Waals surface area contributed by atoms with Gasteiger partial charge < -0.3 is 15.4 Å². The van der Waals surface area contributed by atoms with Crippen molar-refractivity contribution in [2.45, 2.75) is 12.5 Å². The van der Waals surface area contributed by atoms with Crippen LogP contribution in [0.5, 0.6) is 0 Å². The first-order valence-electron chi connectivity index (χ1n) is 7.97. The minimum Gasteiger partial charge on any atom is -0.379 e. The molecule has 4 rings (SSSR count). The highest BCUT2D eigenvalue weighted by molar-refractivity contribution is 5.87. The average molecular weight is 332 g/mol. The highest BCUT2D eigenvalue weighted by Gasteiger charge is 2.17. The maximum absolute atomic E-state index is 5.46. The number of ether oxygens (including phenoxy) is 1. The minimum absolute atomic E-state index is 0.228. The van der Waals surface area contributed by atoms with Crippen LogP contribution in [-0.4, -0.2) is 39.2 Å². The number of terminal acetylenes is 1. The third kappa shape index (κ3) is 3.34. The first-order chi connectivity index (χ1) is 12.3. The second-order valence-corrected chi connectivity index (χ2v) is 5.70. The lowest BCUT2D eigenvalue weighted by Crippen LogP contribution is -2.20. The van der Waals surface area contributed by atoms with Crippen LogP contribution in [0.4, 0.5) is 17.5 Å². The van der Waals surface area contributed by atoms with E-state index in [2.05, 4.69) is 36.5 Å². The molecule has 124 valence electrons. The highest BCUT2D eigenvalue weighted by Crippen LogP contribution is 2.22. The highest BCUT2D eigenvalue weighted by atomic mass is 16.5. The molecule has 0 saturated carbocycles. The van der Waals surface area contributed by atoms with Gasteiger partial charge in [0.1, 0.15) is 17.4 Å². The van der Waals surface area contributed by atoms with E-state index in [0.29, 0.717) is 29.4 Å². The number of fused-ring (bicyclic) bond motifs is 1. The van der Waals surface area contributed by atoms with Crippen molar-refractivity contribution >= 4 is 28.5 Å². The van der Waals surface area contributed by atoms with Crippen LogP contribution >= 0.6 is 0 Å². The molecule has 0 bridgehead atoms. The van der Waals surface area contributed by atoms with E-state index in [-0.39, 0.29) is 6.04 Å². The Bertz CT molecular complexity index is 946. The van der Waals surface area contributed by atoms with Crippen molar-refractivity contribution < 1.29 is 4.74 Å². The fourth-order valence-electron chi connectivity index (χ4n) is 2.67. The molecule has 1 atom stereocenters. The largest absolute Gasteiger partial charge is 0.379 e. The fourth-order valence-corrected chi connectivity index (χ4v) is 2.67. The summed E-state index contributed by atoms with van der Waals surface area (Å²) >= 11 is 0. The molecule has 1 aliphatic rings. The first-order valence-corrected chi connectivity index (χ1v) is 7.97. The van der Waals surface area contributed by atoms with Gasteiger partial charge in [0.05, 0.1) is 18.8 Å². The standard InChI is InChI=1S/C18H16N6O/c1-2-12-4-3-5-13(8-12)22-17-16-15(20-11-21-17)9-19-18(24-16)23-14-6-7-25-10-14/h1,3-5,8-9,11,14H,6-7,10H2,(H,19,23,24)(H,20,21,22). The van der Waals surface area contributed by atoms with E-state index in [4.69, 9.17) is 11.2 Å². The van der Waals surface area contributed by atoms with E-state index in [9.17, 15) is 0 Å². The molecular weight excluding hydrogens is 316 g/mol. The Labute approximate surface area is 144 Å². The zero-order chi connectivity index (χ0) is 17.1. The summed E-state index contributed by atoms with van der Waals surface area (Å²) in [6.07, 6.45) is 9.57. The molecule has 25 heavy (non-hydrogen) atoms. The van der Waals surface area contributed by atoms with Gasteiger partial charge in [-0.3, -0.25) is 0 Å². The summed E-state index contributed by atoms with van der Waals surface area (Å²) < 4.78 is 5.37. The molecule has 1 saturated heterocycles. The van der Waals surface area contributed by atoms with Gasteiger partial charge in [-0.05, 0) is 24.6 Å². The Morgan fingerprint density at radius 3 is 3.04 bits per heavy atom. The number of anilines is 3. The number of aromatic nitrogens is 4. The van der Waals surface area contributed by atoms with Gasteiger partial charge >= 0.3 is 0 Å². The van der Waals surface area contributed by atoms with Gasteiger partial charge in [0, 0.05) is 17.9 Å². The molecule has 2 aromatic heterocycles. The number of rotatable bonds is 4. The molecule has 7 heteroatoms. The predicted octanol–water partition coefficient (Wildman–Crippen LogP) is 2.35. The molecule has 7 nitrogen and oxygen atoms in total. The molecule has 0 spiro atoms. The average Bonchev–Trinajstić information content (AvgIpc) is 3.15. The number of nitrogens with zero attached hydrogens (tertiary/aromatic N) is 4. The van der Waals surface area contributed by atoms with Crippen molar-refractivity contribution in [1.29, 1.82) is 0 Å². The second kappa shape index (κ2) is 6.71. The van der Waals surface area contributed by atoms with Gasteiger partial charge in [-0.1, -0.05) is 12.0 Å². The lowest BCUT2D eigenvalue weighted by Gasteiger charge is -2.12. The third-order valence-corrected chi connectivity index (χ3v) is 3.93. The van der Waals surface area contributed by atoms with Gasteiger partial charge in [0.15, 0.2) is 5.82 Å². The molecule has 0 aliphatic carbocycles. The van der Waals surface area contributed by atoms with Gasteiger partial charge in [-0.2, -0.15) is 0 Å². The molecule has 1 aliphatic heterocycles. The lowest BCUT2D eigenvalue weighted by molar-refractivity contribution is 0.195. The Kier molecular flexibility index (Phi) is 4.11. The molecule has 2 N–H and O–H groups in total. The van der Waals surface area contributed by atoms with Crippen LogP contribution in [0.1, 0.15) is 12.0 Å². The molecule has 0 radical (unpaired) electrons. The van der Waals surface area contributed by atoms with Crippen LogP contribution < -0.4 is 10.6 Å². The van der Waals surface area contributed by atoms with E-state index in [1.165, 1.54) is 6.33 Å².